The van der Waals surface area contributed by atoms with Gasteiger partial charge >= 0.3 is 5.97 Å². The van der Waals surface area contributed by atoms with Gasteiger partial charge in [-0.05, 0) is 32.9 Å². The van der Waals surface area contributed by atoms with Crippen LogP contribution in [0.3, 0.4) is 0 Å². The third kappa shape index (κ3) is 4.20. The Morgan fingerprint density at radius 1 is 1.30 bits per heavy atom. The third-order valence-corrected chi connectivity index (χ3v) is 5.32. The molecular formula is C17H16BrNO3S. The molecule has 1 aromatic heterocycles. The van der Waals surface area contributed by atoms with Gasteiger partial charge in [0.1, 0.15) is 6.61 Å². The summed E-state index contributed by atoms with van der Waals surface area (Å²) in [7, 11) is 0. The van der Waals surface area contributed by atoms with E-state index in [0.29, 0.717) is 13.1 Å². The average Bonchev–Trinajstić information content (AvgIpc) is 3.12. The van der Waals surface area contributed by atoms with Gasteiger partial charge in [0.25, 0.3) is 0 Å². The molecule has 1 saturated heterocycles. The molecule has 2 heterocycles. The number of hydrogen-bond donors (Lipinski definition) is 0. The van der Waals surface area contributed by atoms with Crippen LogP contribution < -0.4 is 0 Å². The number of nitrogens with zero attached hydrogens (tertiary/aromatic N) is 1. The summed E-state index contributed by atoms with van der Waals surface area (Å²) in [5.41, 5.74) is 2.03. The van der Waals surface area contributed by atoms with Crippen LogP contribution in [0.25, 0.3) is 0 Å². The molecule has 0 bridgehead atoms. The first-order chi connectivity index (χ1) is 11.1. The smallest absolute Gasteiger partial charge is 0.311 e. The molecule has 0 radical (unpaired) electrons. The summed E-state index contributed by atoms with van der Waals surface area (Å²) in [4.78, 5) is 26.0. The van der Waals surface area contributed by atoms with Gasteiger partial charge in [-0.1, -0.05) is 30.3 Å². The molecule has 1 aliphatic rings. The maximum atomic E-state index is 12.2. The first-order valence-corrected chi connectivity index (χ1v) is 9.00. The number of rotatable bonds is 5. The zero-order chi connectivity index (χ0) is 16.2. The lowest BCUT2D eigenvalue weighted by atomic mass is 10.1. The molecule has 2 aromatic rings. The van der Waals surface area contributed by atoms with E-state index in [9.17, 15) is 9.59 Å². The molecule has 0 aliphatic carbocycles. The van der Waals surface area contributed by atoms with Crippen LogP contribution in [0.15, 0.2) is 45.6 Å². The second-order valence-corrected chi connectivity index (χ2v) is 7.82. The van der Waals surface area contributed by atoms with Gasteiger partial charge in [0.05, 0.1) is 9.70 Å². The summed E-state index contributed by atoms with van der Waals surface area (Å²) in [6, 6.07) is 11.7. The predicted octanol–water partition coefficient (Wildman–Crippen LogP) is 3.60. The molecule has 0 unspecified atom stereocenters. The van der Waals surface area contributed by atoms with Crippen molar-refractivity contribution in [2.75, 3.05) is 6.54 Å². The van der Waals surface area contributed by atoms with E-state index in [-0.39, 0.29) is 30.8 Å². The van der Waals surface area contributed by atoms with E-state index in [1.807, 2.05) is 41.8 Å². The average molecular weight is 394 g/mol. The predicted molar refractivity (Wildman–Crippen MR) is 91.8 cm³/mol. The number of benzene rings is 1. The van der Waals surface area contributed by atoms with Crippen molar-refractivity contribution in [3.05, 3.63) is 56.7 Å². The van der Waals surface area contributed by atoms with Gasteiger partial charge in [-0.25, -0.2) is 0 Å². The van der Waals surface area contributed by atoms with E-state index >= 15 is 0 Å². The monoisotopic (exact) mass is 393 g/mol. The summed E-state index contributed by atoms with van der Waals surface area (Å²) in [6.45, 7) is 1.23. The lowest BCUT2D eigenvalue weighted by Gasteiger charge is -2.16. The largest absolute Gasteiger partial charge is 0.461 e. The number of ether oxygens (including phenoxy) is 1. The number of carbonyl (C=O) groups is 2. The van der Waals surface area contributed by atoms with Crippen LogP contribution in [-0.4, -0.2) is 23.3 Å². The molecule has 0 spiro atoms. The molecule has 1 fully saturated rings. The molecular weight excluding hydrogens is 378 g/mol. The summed E-state index contributed by atoms with van der Waals surface area (Å²) in [6.07, 6.45) is 0.235. The van der Waals surface area contributed by atoms with Crippen LogP contribution >= 0.6 is 27.3 Å². The standard InChI is InChI=1S/C17H16BrNO3S/c18-15-6-13(11-23-15)10-22-17(21)14-7-16(20)19(9-14)8-12-4-2-1-3-5-12/h1-6,11,14H,7-10H2/t14-/m0/s1. The Balaban J connectivity index is 1.53. The summed E-state index contributed by atoms with van der Waals surface area (Å²) < 4.78 is 6.35. The second-order valence-electron chi connectivity index (χ2n) is 5.53. The van der Waals surface area contributed by atoms with Crippen molar-refractivity contribution in [1.29, 1.82) is 0 Å². The maximum absolute atomic E-state index is 12.2. The Labute approximate surface area is 147 Å². The van der Waals surface area contributed by atoms with Crippen molar-refractivity contribution >= 4 is 39.1 Å². The van der Waals surface area contributed by atoms with Gasteiger partial charge in [0, 0.05) is 25.1 Å². The molecule has 1 aromatic carbocycles. The van der Waals surface area contributed by atoms with Crippen LogP contribution in [0, 0.1) is 5.92 Å². The number of thiophene rings is 1. The van der Waals surface area contributed by atoms with Crippen LogP contribution in [0.5, 0.6) is 0 Å². The van der Waals surface area contributed by atoms with Gasteiger partial charge in [-0.2, -0.15) is 0 Å². The maximum Gasteiger partial charge on any atom is 0.311 e. The van der Waals surface area contributed by atoms with Gasteiger partial charge in [0.15, 0.2) is 0 Å². The van der Waals surface area contributed by atoms with E-state index in [2.05, 4.69) is 15.9 Å². The minimum atomic E-state index is -0.367. The van der Waals surface area contributed by atoms with Gasteiger partial charge < -0.3 is 9.64 Å². The number of amides is 1. The fourth-order valence-corrected chi connectivity index (χ4v) is 3.77. The number of esters is 1. The highest BCUT2D eigenvalue weighted by Crippen LogP contribution is 2.24. The highest BCUT2D eigenvalue weighted by atomic mass is 79.9. The van der Waals surface area contributed by atoms with Crippen molar-refractivity contribution in [2.45, 2.75) is 19.6 Å². The highest BCUT2D eigenvalue weighted by Gasteiger charge is 2.35. The zero-order valence-corrected chi connectivity index (χ0v) is 14.8. The van der Waals surface area contributed by atoms with Crippen LogP contribution in [0.2, 0.25) is 0 Å². The van der Waals surface area contributed by atoms with Crippen LogP contribution in [-0.2, 0) is 27.5 Å². The van der Waals surface area contributed by atoms with Crippen molar-refractivity contribution < 1.29 is 14.3 Å². The SMILES string of the molecule is O=C(OCc1csc(Br)c1)[C@H]1CC(=O)N(Cc2ccccc2)C1. The summed E-state index contributed by atoms with van der Waals surface area (Å²) >= 11 is 4.93. The Morgan fingerprint density at radius 3 is 2.78 bits per heavy atom. The topological polar surface area (TPSA) is 46.6 Å². The first-order valence-electron chi connectivity index (χ1n) is 7.33. The van der Waals surface area contributed by atoms with E-state index < -0.39 is 0 Å². The number of hydrogen-bond acceptors (Lipinski definition) is 4. The third-order valence-electron chi connectivity index (χ3n) is 3.77. The summed E-state index contributed by atoms with van der Waals surface area (Å²) in [5, 5.41) is 1.94. The van der Waals surface area contributed by atoms with E-state index in [4.69, 9.17) is 4.74 Å². The zero-order valence-electron chi connectivity index (χ0n) is 12.4. The summed E-state index contributed by atoms with van der Waals surface area (Å²) in [5.74, 6) is -0.654. The minimum absolute atomic E-state index is 0.00841. The van der Waals surface area contributed by atoms with Crippen molar-refractivity contribution in [1.82, 2.24) is 4.90 Å². The van der Waals surface area contributed by atoms with E-state index in [0.717, 1.165) is 14.9 Å². The Morgan fingerprint density at radius 2 is 2.09 bits per heavy atom. The minimum Gasteiger partial charge on any atom is -0.461 e. The van der Waals surface area contributed by atoms with Crippen LogP contribution in [0.4, 0.5) is 0 Å². The van der Waals surface area contributed by atoms with Crippen molar-refractivity contribution in [3.8, 4) is 0 Å². The van der Waals surface area contributed by atoms with Gasteiger partial charge in [-0.15, -0.1) is 11.3 Å². The normalized spacial score (nSPS) is 17.5. The molecule has 1 atom stereocenters. The van der Waals surface area contributed by atoms with Crippen LogP contribution in [0.1, 0.15) is 17.5 Å². The number of likely N-dealkylation sites (tertiary alicyclic amines) is 1. The quantitative estimate of drug-likeness (QED) is 0.728. The number of carbonyl (C=O) groups excluding carboxylic acids is 2. The molecule has 1 amide bonds. The fraction of sp³-hybridized carbons (Fsp3) is 0.294. The molecule has 0 N–H and O–H groups in total. The van der Waals surface area contributed by atoms with E-state index in [1.54, 1.807) is 16.2 Å². The Hall–Kier alpha value is -1.66. The number of halogens is 1. The first kappa shape index (κ1) is 16.2. The molecule has 120 valence electrons. The molecule has 3 rings (SSSR count). The second kappa shape index (κ2) is 7.27. The highest BCUT2D eigenvalue weighted by molar-refractivity contribution is 9.11. The molecule has 6 heteroatoms. The Kier molecular flexibility index (Phi) is 5.13. The van der Waals surface area contributed by atoms with Gasteiger partial charge in [-0.3, -0.25) is 9.59 Å². The lowest BCUT2D eigenvalue weighted by Crippen LogP contribution is -2.26. The fourth-order valence-electron chi connectivity index (χ4n) is 2.58. The van der Waals surface area contributed by atoms with E-state index in [1.165, 1.54) is 0 Å². The van der Waals surface area contributed by atoms with Crippen molar-refractivity contribution in [2.24, 2.45) is 5.92 Å². The van der Waals surface area contributed by atoms with Gasteiger partial charge in [0.2, 0.25) is 5.91 Å². The van der Waals surface area contributed by atoms with Crippen molar-refractivity contribution in [3.63, 3.8) is 0 Å². The molecule has 1 aliphatic heterocycles. The lowest BCUT2D eigenvalue weighted by molar-refractivity contribution is -0.149. The molecule has 0 saturated carbocycles. The molecule has 4 nitrogen and oxygen atoms in total. The Bertz CT molecular complexity index is 701. The molecule has 23 heavy (non-hydrogen) atoms.